The van der Waals surface area contributed by atoms with Gasteiger partial charge in [-0.1, -0.05) is 50.1 Å². The zero-order valence-electron chi connectivity index (χ0n) is 24.4. The monoisotopic (exact) mass is 544 g/mol. The minimum Gasteiger partial charge on any atom is -0.458 e. The van der Waals surface area contributed by atoms with Crippen LogP contribution in [0.5, 0.6) is 0 Å². The van der Waals surface area contributed by atoms with Crippen LogP contribution in [-0.4, -0.2) is 33.0 Å². The molecule has 6 unspecified atom stereocenters. The molecule has 0 aliphatic heterocycles. The molecule has 2 fully saturated rings. The van der Waals surface area contributed by atoms with Gasteiger partial charge in [0.15, 0.2) is 0 Å². The molecule has 1 aromatic heterocycles. The maximum atomic E-state index is 12.5. The van der Waals surface area contributed by atoms with Gasteiger partial charge in [0.25, 0.3) is 0 Å². The minimum atomic E-state index is -0.338. The molecule has 0 bridgehead atoms. The highest BCUT2D eigenvalue weighted by Gasteiger charge is 2.56. The first-order valence-corrected chi connectivity index (χ1v) is 15.1. The highest BCUT2D eigenvalue weighted by molar-refractivity contribution is 5.70. The van der Waals surface area contributed by atoms with Gasteiger partial charge in [0.1, 0.15) is 18.2 Å². The maximum absolute atomic E-state index is 12.5. The van der Waals surface area contributed by atoms with Crippen LogP contribution in [0.3, 0.4) is 0 Å². The van der Waals surface area contributed by atoms with Gasteiger partial charge in [0, 0.05) is 24.9 Å². The third kappa shape index (κ3) is 5.35. The van der Waals surface area contributed by atoms with E-state index in [1.807, 2.05) is 24.6 Å². The molecule has 2 saturated carbocycles. The number of hydrogen-bond donors (Lipinski definition) is 1. The van der Waals surface area contributed by atoms with Gasteiger partial charge in [0.2, 0.25) is 0 Å². The quantitative estimate of drug-likeness (QED) is 0.214. The fourth-order valence-corrected chi connectivity index (χ4v) is 7.95. The molecule has 3 aliphatic carbocycles. The Morgan fingerprint density at radius 2 is 2.02 bits per heavy atom. The van der Waals surface area contributed by atoms with Gasteiger partial charge in [-0.2, -0.15) is 0 Å². The Balaban J connectivity index is 1.40. The number of aliphatic hydroxyl groups excluding tert-OH is 1. The third-order valence-corrected chi connectivity index (χ3v) is 10.1. The lowest BCUT2D eigenvalue weighted by molar-refractivity contribution is -0.148. The molecule has 0 radical (unpaired) electrons. The number of carbonyl (C=O) groups is 2. The van der Waals surface area contributed by atoms with Crippen LogP contribution in [0, 0.1) is 24.2 Å². The van der Waals surface area contributed by atoms with E-state index in [-0.39, 0.29) is 29.5 Å². The molecular formula is C34H44N2O4. The average Bonchev–Trinajstić information content (AvgIpc) is 3.49. The van der Waals surface area contributed by atoms with Crippen LogP contribution in [0.4, 0.5) is 0 Å². The van der Waals surface area contributed by atoms with Crippen molar-refractivity contribution in [1.29, 1.82) is 0 Å². The number of ether oxygens (including phenoxy) is 1. The molecule has 40 heavy (non-hydrogen) atoms. The van der Waals surface area contributed by atoms with E-state index in [1.165, 1.54) is 22.3 Å². The number of esters is 1. The Bertz CT molecular complexity index is 1290. The van der Waals surface area contributed by atoms with Crippen molar-refractivity contribution in [2.75, 3.05) is 0 Å². The van der Waals surface area contributed by atoms with Gasteiger partial charge >= 0.3 is 5.97 Å². The number of allylic oxidation sites excluding steroid dienone is 4. The zero-order chi connectivity index (χ0) is 28.4. The van der Waals surface area contributed by atoms with E-state index in [2.05, 4.69) is 43.1 Å². The summed E-state index contributed by atoms with van der Waals surface area (Å²) in [4.78, 5) is 28.3. The van der Waals surface area contributed by atoms with Crippen molar-refractivity contribution in [3.63, 3.8) is 0 Å². The number of fused-ring (bicyclic) bond motifs is 3. The molecule has 6 nitrogen and oxygen atoms in total. The molecule has 1 heterocycles. The summed E-state index contributed by atoms with van der Waals surface area (Å²) in [5.41, 5.74) is 6.23. The molecule has 6 heteroatoms. The predicted octanol–water partition coefficient (Wildman–Crippen LogP) is 6.78. The summed E-state index contributed by atoms with van der Waals surface area (Å²) in [6, 6.07) is 8.56. The molecule has 3 aliphatic rings. The van der Waals surface area contributed by atoms with Crippen LogP contribution in [0.1, 0.15) is 101 Å². The molecule has 1 aromatic carbocycles. The summed E-state index contributed by atoms with van der Waals surface area (Å²) < 4.78 is 7.72. The van der Waals surface area contributed by atoms with Crippen molar-refractivity contribution in [1.82, 2.24) is 9.55 Å². The number of carbonyl (C=O) groups excluding carboxylic acids is 2. The SMILES string of the molecule is CCCC1=C2C(c3ccc(C(C)OC(=O)CCn4ccnc4C)cc3)CC3(C)C(O)CCC3C2CC/C1=C/C=O. The summed E-state index contributed by atoms with van der Waals surface area (Å²) in [5, 5.41) is 11.1. The lowest BCUT2D eigenvalue weighted by atomic mass is 9.53. The smallest absolute Gasteiger partial charge is 0.308 e. The molecule has 0 amide bonds. The Morgan fingerprint density at radius 1 is 1.25 bits per heavy atom. The summed E-state index contributed by atoms with van der Waals surface area (Å²) in [5.74, 6) is 1.81. The van der Waals surface area contributed by atoms with Gasteiger partial charge in [-0.15, -0.1) is 0 Å². The lowest BCUT2D eigenvalue weighted by Crippen LogP contribution is -2.44. The number of aldehydes is 1. The average molecular weight is 545 g/mol. The predicted molar refractivity (Wildman–Crippen MR) is 156 cm³/mol. The van der Waals surface area contributed by atoms with Crippen molar-refractivity contribution < 1.29 is 19.4 Å². The molecular weight excluding hydrogens is 500 g/mol. The van der Waals surface area contributed by atoms with E-state index >= 15 is 0 Å². The second kappa shape index (κ2) is 11.9. The number of aromatic nitrogens is 2. The van der Waals surface area contributed by atoms with Crippen LogP contribution in [0.15, 0.2) is 59.5 Å². The number of aryl methyl sites for hydroxylation is 2. The normalized spacial score (nSPS) is 29.7. The maximum Gasteiger partial charge on any atom is 0.308 e. The second-order valence-electron chi connectivity index (χ2n) is 12.3. The van der Waals surface area contributed by atoms with Crippen LogP contribution in [0.25, 0.3) is 0 Å². The van der Waals surface area contributed by atoms with Crippen LogP contribution >= 0.6 is 0 Å². The number of nitrogens with zero attached hydrogens (tertiary/aromatic N) is 2. The van der Waals surface area contributed by atoms with E-state index in [1.54, 1.807) is 12.3 Å². The molecule has 0 saturated heterocycles. The number of aliphatic hydroxyl groups is 1. The van der Waals surface area contributed by atoms with Gasteiger partial charge in [-0.05, 0) is 98.0 Å². The number of hydrogen-bond acceptors (Lipinski definition) is 5. The summed E-state index contributed by atoms with van der Waals surface area (Å²) in [7, 11) is 0. The van der Waals surface area contributed by atoms with Crippen molar-refractivity contribution in [3.05, 3.63) is 76.4 Å². The number of benzene rings is 1. The van der Waals surface area contributed by atoms with Crippen molar-refractivity contribution in [2.24, 2.45) is 17.3 Å². The first-order chi connectivity index (χ1) is 19.3. The first-order valence-electron chi connectivity index (χ1n) is 15.1. The molecule has 5 rings (SSSR count). The Hall–Kier alpha value is -2.99. The number of imidazole rings is 1. The van der Waals surface area contributed by atoms with Crippen molar-refractivity contribution in [2.45, 2.75) is 104 Å². The highest BCUT2D eigenvalue weighted by atomic mass is 16.5. The van der Waals surface area contributed by atoms with Crippen molar-refractivity contribution >= 4 is 12.3 Å². The fourth-order valence-electron chi connectivity index (χ4n) is 7.95. The number of rotatable bonds is 9. The third-order valence-electron chi connectivity index (χ3n) is 10.1. The van der Waals surface area contributed by atoms with Gasteiger partial charge < -0.3 is 14.4 Å². The summed E-state index contributed by atoms with van der Waals surface area (Å²) in [6.07, 6.45) is 12.9. The van der Waals surface area contributed by atoms with Crippen molar-refractivity contribution in [3.8, 4) is 0 Å². The fraction of sp³-hybridized carbons (Fsp3) is 0.559. The Kier molecular flexibility index (Phi) is 8.46. The molecule has 1 N–H and O–H groups in total. The Morgan fingerprint density at radius 3 is 2.70 bits per heavy atom. The second-order valence-corrected chi connectivity index (χ2v) is 12.3. The largest absolute Gasteiger partial charge is 0.458 e. The standard InChI is InChI=1S/C34H44N2O4/c1-5-6-27-26(16-20-37)11-12-28-30-13-14-31(38)34(30,4)21-29(33(27)28)25-9-7-24(8-10-25)22(2)40-32(39)15-18-36-19-17-35-23(36)3/h7-10,16-17,19-20,22,28-31,38H,5-6,11-15,18,21H2,1-4H3/b26-16-. The Labute approximate surface area is 238 Å². The van der Waals surface area contributed by atoms with E-state index in [9.17, 15) is 14.7 Å². The van der Waals surface area contributed by atoms with E-state index in [0.29, 0.717) is 24.8 Å². The van der Waals surface area contributed by atoms with E-state index < -0.39 is 0 Å². The molecule has 214 valence electrons. The zero-order valence-corrected chi connectivity index (χ0v) is 24.4. The first kappa shape index (κ1) is 28.5. The summed E-state index contributed by atoms with van der Waals surface area (Å²) >= 11 is 0. The lowest BCUT2D eigenvalue weighted by Gasteiger charge is -2.51. The molecule has 6 atom stereocenters. The van der Waals surface area contributed by atoms with E-state index in [0.717, 1.165) is 62.6 Å². The molecule has 0 spiro atoms. The molecule has 2 aromatic rings. The van der Waals surface area contributed by atoms with E-state index in [4.69, 9.17) is 4.74 Å². The van der Waals surface area contributed by atoms with Crippen LogP contribution in [-0.2, 0) is 20.9 Å². The van der Waals surface area contributed by atoms with Gasteiger partial charge in [-0.3, -0.25) is 9.59 Å². The highest BCUT2D eigenvalue weighted by Crippen LogP contribution is 2.63. The van der Waals surface area contributed by atoms with Gasteiger partial charge in [-0.25, -0.2) is 4.98 Å². The van der Waals surface area contributed by atoms with Crippen LogP contribution in [0.2, 0.25) is 0 Å². The van der Waals surface area contributed by atoms with Gasteiger partial charge in [0.05, 0.1) is 12.5 Å². The minimum absolute atomic E-state index is 0.100. The topological polar surface area (TPSA) is 81.4 Å². The van der Waals surface area contributed by atoms with Crippen LogP contribution < -0.4 is 0 Å². The summed E-state index contributed by atoms with van der Waals surface area (Å²) in [6.45, 7) is 8.92.